The number of anilines is 1. The summed E-state index contributed by atoms with van der Waals surface area (Å²) in [7, 11) is -0.974. The van der Waals surface area contributed by atoms with Crippen molar-refractivity contribution in [3.63, 3.8) is 0 Å². The van der Waals surface area contributed by atoms with Crippen LogP contribution in [0, 0.1) is 5.82 Å². The van der Waals surface area contributed by atoms with Crippen molar-refractivity contribution in [2.75, 3.05) is 4.92 Å². The normalized spacial score (nSPS) is 13.6. The van der Waals surface area contributed by atoms with Crippen LogP contribution in [0.5, 0.6) is 0 Å². The molecule has 0 aromatic heterocycles. The highest BCUT2D eigenvalue weighted by Gasteiger charge is 2.31. The summed E-state index contributed by atoms with van der Waals surface area (Å²) < 4.78 is 13.7. The number of hydrogen-bond donors (Lipinski definition) is 1. The third-order valence-corrected chi connectivity index (χ3v) is 3.49. The van der Waals surface area contributed by atoms with Crippen molar-refractivity contribution < 1.29 is 9.41 Å². The Labute approximate surface area is 117 Å². The van der Waals surface area contributed by atoms with Gasteiger partial charge in [-0.3, -0.25) is 4.92 Å². The molecule has 100 valence electrons. The minimum Gasteiger partial charge on any atom is -0.427 e. The molecule has 0 unspecified atom stereocenters. The quantitative estimate of drug-likeness (QED) is 0.845. The van der Waals surface area contributed by atoms with Crippen LogP contribution in [0.1, 0.15) is 18.1 Å². The van der Waals surface area contributed by atoms with Crippen molar-refractivity contribution in [3.8, 4) is 0 Å². The fraction of sp³-hybridized carbons (Fsp3) is 0.133. The first kappa shape index (κ1) is 12.9. The van der Waals surface area contributed by atoms with E-state index in [1.54, 1.807) is 12.1 Å². The molecule has 1 N–H and O–H groups in total. The maximum absolute atomic E-state index is 13.7. The van der Waals surface area contributed by atoms with Crippen molar-refractivity contribution >= 4 is 24.4 Å². The van der Waals surface area contributed by atoms with E-state index in [9.17, 15) is 9.41 Å². The van der Waals surface area contributed by atoms with Gasteiger partial charge in [0.2, 0.25) is 0 Å². The summed E-state index contributed by atoms with van der Waals surface area (Å²) in [5.41, 5.74) is 2.84. The maximum atomic E-state index is 13.7. The van der Waals surface area contributed by atoms with Gasteiger partial charge in [0.15, 0.2) is 0 Å². The smallest absolute Gasteiger partial charge is 0.427 e. The molecule has 0 atom stereocenters. The van der Waals surface area contributed by atoms with Crippen molar-refractivity contribution in [2.45, 2.75) is 13.3 Å². The first-order valence-corrected chi connectivity index (χ1v) is 6.59. The van der Waals surface area contributed by atoms with Gasteiger partial charge in [-0.2, -0.15) is 5.10 Å². The Morgan fingerprint density at radius 1 is 1.25 bits per heavy atom. The van der Waals surface area contributed by atoms with Crippen molar-refractivity contribution in [3.05, 3.63) is 59.4 Å². The van der Waals surface area contributed by atoms with Crippen LogP contribution in [0.4, 0.5) is 10.1 Å². The second-order valence-electron chi connectivity index (χ2n) is 4.73. The van der Waals surface area contributed by atoms with Gasteiger partial charge >= 0.3 is 7.05 Å². The Bertz CT molecular complexity index is 675. The van der Waals surface area contributed by atoms with Gasteiger partial charge in [0.25, 0.3) is 0 Å². The molecule has 0 radical (unpaired) electrons. The van der Waals surface area contributed by atoms with Gasteiger partial charge in [0, 0.05) is 11.3 Å². The molecule has 1 heterocycles. The van der Waals surface area contributed by atoms with E-state index in [0.717, 1.165) is 17.7 Å². The Hall–Kier alpha value is -2.14. The van der Waals surface area contributed by atoms with E-state index < -0.39 is 7.05 Å². The maximum Gasteiger partial charge on any atom is 0.471 e. The lowest BCUT2D eigenvalue weighted by Crippen LogP contribution is -2.50. The summed E-state index contributed by atoms with van der Waals surface area (Å²) in [6, 6.07) is 12.5. The Kier molecular flexibility index (Phi) is 3.28. The summed E-state index contributed by atoms with van der Waals surface area (Å²) in [5.74, 6) is -0.368. The van der Waals surface area contributed by atoms with Gasteiger partial charge in [0.1, 0.15) is 5.82 Å². The highest BCUT2D eigenvalue weighted by Crippen LogP contribution is 2.20. The first-order chi connectivity index (χ1) is 9.70. The lowest BCUT2D eigenvalue weighted by Gasteiger charge is -2.27. The number of halogens is 1. The molecular formula is C15H14BFN2O. The molecule has 0 fully saturated rings. The summed E-state index contributed by atoms with van der Waals surface area (Å²) in [6.07, 6.45) is 2.36. The molecule has 2 aromatic rings. The van der Waals surface area contributed by atoms with E-state index in [1.807, 2.05) is 24.3 Å². The highest BCUT2D eigenvalue weighted by molar-refractivity contribution is 6.71. The van der Waals surface area contributed by atoms with Gasteiger partial charge in [-0.05, 0) is 35.6 Å². The van der Waals surface area contributed by atoms with Crippen LogP contribution >= 0.6 is 0 Å². The second kappa shape index (κ2) is 5.09. The highest BCUT2D eigenvalue weighted by atomic mass is 19.1. The van der Waals surface area contributed by atoms with E-state index in [-0.39, 0.29) is 5.82 Å². The van der Waals surface area contributed by atoms with E-state index in [4.69, 9.17) is 0 Å². The summed E-state index contributed by atoms with van der Waals surface area (Å²) in [4.78, 5) is 1.50. The largest absolute Gasteiger partial charge is 0.471 e. The second-order valence-corrected chi connectivity index (χ2v) is 4.73. The molecule has 3 nitrogen and oxygen atoms in total. The number of fused-ring (bicyclic) bond motifs is 1. The van der Waals surface area contributed by atoms with E-state index in [2.05, 4.69) is 12.0 Å². The molecule has 0 saturated carbocycles. The van der Waals surface area contributed by atoms with Crippen LogP contribution in [0.2, 0.25) is 0 Å². The minimum atomic E-state index is -0.974. The van der Waals surface area contributed by atoms with Crippen LogP contribution in [-0.2, 0) is 6.42 Å². The molecule has 5 heteroatoms. The lowest BCUT2D eigenvalue weighted by atomic mass is 9.69. The lowest BCUT2D eigenvalue weighted by molar-refractivity contribution is 0.575. The van der Waals surface area contributed by atoms with Gasteiger partial charge in [-0.1, -0.05) is 31.2 Å². The van der Waals surface area contributed by atoms with Gasteiger partial charge in [-0.15, -0.1) is 0 Å². The molecule has 3 rings (SSSR count). The van der Waals surface area contributed by atoms with E-state index in [0.29, 0.717) is 11.0 Å². The third kappa shape index (κ3) is 2.10. The van der Waals surface area contributed by atoms with Crippen LogP contribution in [0.3, 0.4) is 0 Å². The number of nitrogens with zero attached hydrogens (tertiary/aromatic N) is 2. The number of hydrazone groups is 1. The standard InChI is InChI=1S/C15H14BFN2O/c1-2-11-5-3-6-12(9-11)19-16(20)14-7-4-8-15(17)13(14)10-18-19/h3-10,20H,2H2,1H3. The monoisotopic (exact) mass is 268 g/mol. The molecule has 0 spiro atoms. The van der Waals surface area contributed by atoms with Crippen LogP contribution in [-0.4, -0.2) is 18.3 Å². The zero-order valence-electron chi connectivity index (χ0n) is 11.1. The number of rotatable bonds is 2. The molecule has 0 aliphatic carbocycles. The minimum absolute atomic E-state index is 0.350. The Morgan fingerprint density at radius 3 is 2.85 bits per heavy atom. The van der Waals surface area contributed by atoms with Crippen LogP contribution in [0.25, 0.3) is 0 Å². The van der Waals surface area contributed by atoms with Crippen LogP contribution in [0.15, 0.2) is 47.6 Å². The zero-order chi connectivity index (χ0) is 14.1. The fourth-order valence-corrected chi connectivity index (χ4v) is 2.36. The van der Waals surface area contributed by atoms with Crippen molar-refractivity contribution in [2.24, 2.45) is 5.10 Å². The molecule has 20 heavy (non-hydrogen) atoms. The number of benzene rings is 2. The molecular weight excluding hydrogens is 254 g/mol. The average Bonchev–Trinajstić information content (AvgIpc) is 2.48. The van der Waals surface area contributed by atoms with Gasteiger partial charge in [0.05, 0.1) is 6.21 Å². The first-order valence-electron chi connectivity index (χ1n) is 6.59. The molecule has 1 aliphatic heterocycles. The van der Waals surface area contributed by atoms with E-state index >= 15 is 0 Å². The predicted molar refractivity (Wildman–Crippen MR) is 79.9 cm³/mol. The molecule has 1 aliphatic rings. The number of aryl methyl sites for hydroxylation is 1. The summed E-state index contributed by atoms with van der Waals surface area (Å²) in [6.45, 7) is 2.07. The Morgan fingerprint density at radius 2 is 2.05 bits per heavy atom. The zero-order valence-corrected chi connectivity index (χ0v) is 11.1. The SMILES string of the molecule is CCc1cccc(N2N=Cc3c(F)cccc3B2O)c1. The van der Waals surface area contributed by atoms with Gasteiger partial charge in [-0.25, -0.2) is 4.39 Å². The fourth-order valence-electron chi connectivity index (χ4n) is 2.36. The van der Waals surface area contributed by atoms with Crippen molar-refractivity contribution in [1.29, 1.82) is 0 Å². The van der Waals surface area contributed by atoms with Crippen molar-refractivity contribution in [1.82, 2.24) is 0 Å². The molecule has 2 aromatic carbocycles. The van der Waals surface area contributed by atoms with Gasteiger partial charge < -0.3 is 5.02 Å². The molecule has 0 saturated heterocycles. The molecule has 0 bridgehead atoms. The summed E-state index contributed by atoms with van der Waals surface area (Å²) >= 11 is 0. The molecule has 0 amide bonds. The Balaban J connectivity index is 2.02. The predicted octanol–water partition coefficient (Wildman–Crippen LogP) is 1.93. The number of hydrogen-bond acceptors (Lipinski definition) is 3. The van der Waals surface area contributed by atoms with Crippen LogP contribution < -0.4 is 10.4 Å². The topological polar surface area (TPSA) is 35.8 Å². The van der Waals surface area contributed by atoms with E-state index in [1.165, 1.54) is 17.2 Å². The third-order valence-electron chi connectivity index (χ3n) is 3.49. The average molecular weight is 268 g/mol. The summed E-state index contributed by atoms with van der Waals surface area (Å²) in [5, 5.41) is 14.6.